The first-order valence-corrected chi connectivity index (χ1v) is 17.2. The van der Waals surface area contributed by atoms with E-state index in [2.05, 4.69) is 15.9 Å². The number of ether oxygens (including phenoxy) is 5. The number of carbonyl (C=O) groups excluding carboxylic acids is 4. The van der Waals surface area contributed by atoms with Gasteiger partial charge in [0.2, 0.25) is 16.6 Å². The van der Waals surface area contributed by atoms with Gasteiger partial charge in [-0.3, -0.25) is 14.4 Å². The van der Waals surface area contributed by atoms with Gasteiger partial charge in [-0.2, -0.15) is 0 Å². The predicted molar refractivity (Wildman–Crippen MR) is 173 cm³/mol. The van der Waals surface area contributed by atoms with Crippen molar-refractivity contribution in [3.05, 3.63) is 37.6 Å². The highest BCUT2D eigenvalue weighted by atomic mass is 79.9. The van der Waals surface area contributed by atoms with Crippen LogP contribution in [0.2, 0.25) is 0 Å². The minimum atomic E-state index is -1.61. The Hall–Kier alpha value is -3.41. The van der Waals surface area contributed by atoms with Crippen LogP contribution in [-0.2, 0) is 38.1 Å². The summed E-state index contributed by atoms with van der Waals surface area (Å²) >= 11 is 3.33. The van der Waals surface area contributed by atoms with Gasteiger partial charge in [0.1, 0.15) is 27.2 Å². The second-order valence-corrected chi connectivity index (χ2v) is 17.1. The van der Waals surface area contributed by atoms with E-state index < -0.39 is 74.5 Å². The smallest absolute Gasteiger partial charge is 0.351 e. The summed E-state index contributed by atoms with van der Waals surface area (Å²) in [5.41, 5.74) is -7.60. The molecule has 6 atom stereocenters. The largest absolute Gasteiger partial charge is 0.483 e. The molecule has 0 radical (unpaired) electrons. The van der Waals surface area contributed by atoms with E-state index in [0.29, 0.717) is 18.4 Å². The van der Waals surface area contributed by atoms with Crippen LogP contribution >= 0.6 is 15.9 Å². The molecule has 11 nitrogen and oxygen atoms in total. The van der Waals surface area contributed by atoms with Gasteiger partial charge < -0.3 is 28.1 Å². The van der Waals surface area contributed by atoms with E-state index in [1.807, 2.05) is 27.7 Å². The van der Waals surface area contributed by atoms with E-state index in [4.69, 9.17) is 28.1 Å². The van der Waals surface area contributed by atoms with Gasteiger partial charge in [-0.25, -0.2) is 9.59 Å². The standard InChI is InChI=1S/C36H41BrO11/c1-16-15-18-20(23-19(16)22(38)21(37)17(2)43-23)24(44-28(41)35-13-11-33(9,26(39)47-35)31(35,5)6)25(30(3,4)46-18)45-29(42)36-14-12-34(10,27(40)48-36)32(36,7)8/h15,24-25H,11-14H2,1-10H3/t24-,25-,33+,34+,35-,36-/m1/s1. The van der Waals surface area contributed by atoms with Gasteiger partial charge in [0, 0.05) is 10.8 Å². The zero-order valence-electron chi connectivity index (χ0n) is 28.9. The van der Waals surface area contributed by atoms with E-state index in [-0.39, 0.29) is 50.8 Å². The zero-order valence-corrected chi connectivity index (χ0v) is 30.5. The molecule has 2 aromatic rings. The Bertz CT molecular complexity index is 1940. The quantitative estimate of drug-likeness (QED) is 0.267. The van der Waals surface area contributed by atoms with E-state index in [0.717, 1.165) is 0 Å². The first-order valence-electron chi connectivity index (χ1n) is 16.4. The van der Waals surface area contributed by atoms with Crippen molar-refractivity contribution in [1.82, 2.24) is 0 Å². The summed E-state index contributed by atoms with van der Waals surface area (Å²) in [5.74, 6) is -1.99. The van der Waals surface area contributed by atoms with Crippen LogP contribution in [0.25, 0.3) is 11.0 Å². The Kier molecular flexibility index (Phi) is 6.50. The minimum Gasteiger partial charge on any atom is -0.483 e. The van der Waals surface area contributed by atoms with Crippen molar-refractivity contribution in [1.29, 1.82) is 0 Å². The topological polar surface area (TPSA) is 145 Å². The van der Waals surface area contributed by atoms with E-state index in [9.17, 15) is 24.0 Å². The fraction of sp³-hybridized carbons (Fsp3) is 0.639. The summed E-state index contributed by atoms with van der Waals surface area (Å²) in [4.78, 5) is 68.8. The third kappa shape index (κ3) is 3.57. The lowest BCUT2D eigenvalue weighted by Crippen LogP contribution is -2.57. The summed E-state index contributed by atoms with van der Waals surface area (Å²) < 4.78 is 37.5. The Morgan fingerprint density at radius 3 is 1.73 bits per heavy atom. The Balaban J connectivity index is 1.40. The number of hydrogen-bond acceptors (Lipinski definition) is 11. The molecule has 0 unspecified atom stereocenters. The number of carbonyl (C=O) groups is 4. The van der Waals surface area contributed by atoms with Crippen LogP contribution in [0.4, 0.5) is 0 Å². The maximum absolute atomic E-state index is 14.6. The molecule has 0 N–H and O–H groups in total. The van der Waals surface area contributed by atoms with Crippen LogP contribution in [0, 0.1) is 35.5 Å². The molecule has 4 bridgehead atoms. The molecule has 258 valence electrons. The van der Waals surface area contributed by atoms with Gasteiger partial charge in [0.05, 0.1) is 21.8 Å². The van der Waals surface area contributed by atoms with Crippen LogP contribution in [0.3, 0.4) is 0 Å². The average Bonchev–Trinajstić information content (AvgIpc) is 3.45. The molecular weight excluding hydrogens is 688 g/mol. The molecule has 4 heterocycles. The number of fused-ring (bicyclic) bond motifs is 7. The van der Waals surface area contributed by atoms with E-state index in [1.54, 1.807) is 47.6 Å². The molecule has 0 spiro atoms. The third-order valence-corrected chi connectivity index (χ3v) is 14.3. The van der Waals surface area contributed by atoms with E-state index in [1.165, 1.54) is 0 Å². The molecule has 1 aromatic carbocycles. The van der Waals surface area contributed by atoms with Gasteiger partial charge in [-0.1, -0.05) is 27.7 Å². The highest BCUT2D eigenvalue weighted by molar-refractivity contribution is 9.10. The third-order valence-electron chi connectivity index (χ3n) is 13.4. The van der Waals surface area contributed by atoms with Gasteiger partial charge in [-0.05, 0) is 94.8 Å². The number of halogens is 1. The molecular formula is C36H41BrO11. The second kappa shape index (κ2) is 9.43. The molecule has 3 aliphatic heterocycles. The van der Waals surface area contributed by atoms with Crippen LogP contribution in [0.5, 0.6) is 5.75 Å². The summed E-state index contributed by atoms with van der Waals surface area (Å²) in [6, 6.07) is 1.67. The average molecular weight is 730 g/mol. The van der Waals surface area contributed by atoms with Gasteiger partial charge in [0.25, 0.3) is 0 Å². The lowest BCUT2D eigenvalue weighted by molar-refractivity contribution is -0.217. The lowest BCUT2D eigenvalue weighted by Gasteiger charge is -2.46. The molecule has 4 fully saturated rings. The van der Waals surface area contributed by atoms with Crippen LogP contribution < -0.4 is 10.2 Å². The Morgan fingerprint density at radius 2 is 1.27 bits per heavy atom. The van der Waals surface area contributed by atoms with Gasteiger partial charge in [-0.15, -0.1) is 0 Å². The molecule has 5 aliphatic rings. The van der Waals surface area contributed by atoms with Gasteiger partial charge >= 0.3 is 23.9 Å². The van der Waals surface area contributed by atoms with Crippen molar-refractivity contribution in [2.24, 2.45) is 21.7 Å². The summed E-state index contributed by atoms with van der Waals surface area (Å²) in [7, 11) is 0. The van der Waals surface area contributed by atoms with E-state index >= 15 is 0 Å². The maximum Gasteiger partial charge on any atom is 0.351 e. The van der Waals surface area contributed by atoms with Crippen molar-refractivity contribution in [3.63, 3.8) is 0 Å². The molecule has 1 aromatic heterocycles. The van der Waals surface area contributed by atoms with Crippen LogP contribution in [0.1, 0.15) is 104 Å². The SMILES string of the molecule is Cc1oc2c3c(cc(C)c2c(=O)c1Br)OC(C)(C)[C@H](OC(=O)[C@@]12CC[C@@](C)(C(=O)O1)C2(C)C)[C@@H]3OC(=O)[C@@]12CC[C@@](C)(C(=O)O1)C2(C)C. The normalized spacial score (nSPS) is 36.3. The van der Waals surface area contributed by atoms with Crippen molar-refractivity contribution in [3.8, 4) is 5.75 Å². The number of aryl methyl sites for hydroxylation is 2. The molecule has 12 heteroatoms. The number of benzene rings is 1. The fourth-order valence-electron chi connectivity index (χ4n) is 8.99. The highest BCUT2D eigenvalue weighted by Gasteiger charge is 2.78. The fourth-order valence-corrected chi connectivity index (χ4v) is 9.27. The first-order chi connectivity index (χ1) is 22.0. The number of rotatable bonds is 4. The summed E-state index contributed by atoms with van der Waals surface area (Å²) in [6.45, 7) is 17.6. The number of hydrogen-bond donors (Lipinski definition) is 0. The molecule has 0 amide bonds. The molecule has 7 rings (SSSR count). The molecule has 2 aliphatic carbocycles. The molecule has 48 heavy (non-hydrogen) atoms. The number of esters is 4. The minimum absolute atomic E-state index is 0.112. The van der Waals surface area contributed by atoms with Crippen molar-refractivity contribution in [2.45, 2.75) is 124 Å². The maximum atomic E-state index is 14.6. The first kappa shape index (κ1) is 33.1. The molecule has 2 saturated carbocycles. The summed E-state index contributed by atoms with van der Waals surface area (Å²) in [5, 5.41) is 0.232. The Morgan fingerprint density at radius 1 is 0.771 bits per heavy atom. The van der Waals surface area contributed by atoms with Crippen LogP contribution in [0.15, 0.2) is 19.8 Å². The van der Waals surface area contributed by atoms with Crippen molar-refractivity contribution in [2.75, 3.05) is 0 Å². The second-order valence-electron chi connectivity index (χ2n) is 16.3. The van der Waals surface area contributed by atoms with Crippen molar-refractivity contribution >= 4 is 50.8 Å². The Labute approximate surface area is 286 Å². The lowest BCUT2D eigenvalue weighted by atomic mass is 9.66. The summed E-state index contributed by atoms with van der Waals surface area (Å²) in [6.07, 6.45) is -1.34. The van der Waals surface area contributed by atoms with Gasteiger partial charge in [0.15, 0.2) is 12.2 Å². The predicted octanol–water partition coefficient (Wildman–Crippen LogP) is 6.08. The zero-order chi connectivity index (χ0) is 35.4. The van der Waals surface area contributed by atoms with Crippen LogP contribution in [-0.4, -0.2) is 46.8 Å². The monoisotopic (exact) mass is 728 g/mol. The van der Waals surface area contributed by atoms with Crippen molar-refractivity contribution < 1.29 is 47.3 Å². The highest BCUT2D eigenvalue weighted by Crippen LogP contribution is 2.67. The molecule has 2 saturated heterocycles.